The van der Waals surface area contributed by atoms with Crippen molar-refractivity contribution in [3.8, 4) is 5.75 Å². The van der Waals surface area contributed by atoms with Crippen LogP contribution in [0.15, 0.2) is 42.5 Å². The Morgan fingerprint density at radius 2 is 1.81 bits per heavy atom. The molecule has 1 aliphatic heterocycles. The monoisotopic (exact) mass is 406 g/mol. The van der Waals surface area contributed by atoms with Gasteiger partial charge in [0.05, 0.1) is 10.0 Å². The van der Waals surface area contributed by atoms with Crippen LogP contribution in [-0.4, -0.2) is 30.4 Å². The number of likely N-dealkylation sites (tertiary alicyclic amines) is 1. The summed E-state index contributed by atoms with van der Waals surface area (Å²) in [7, 11) is 0. The van der Waals surface area contributed by atoms with E-state index in [1.54, 1.807) is 0 Å². The predicted octanol–water partition coefficient (Wildman–Crippen LogP) is 4.67. The molecule has 0 saturated carbocycles. The molecule has 4 nitrogen and oxygen atoms in total. The summed E-state index contributed by atoms with van der Waals surface area (Å²) in [5.74, 6) is 0.790. The van der Waals surface area contributed by atoms with Gasteiger partial charge < -0.3 is 15.0 Å². The van der Waals surface area contributed by atoms with Gasteiger partial charge in [-0.2, -0.15) is 0 Å². The molecule has 0 spiro atoms. The molecule has 1 aliphatic rings. The van der Waals surface area contributed by atoms with Crippen LogP contribution < -0.4 is 10.1 Å². The molecule has 0 aromatic heterocycles. The average molecular weight is 407 g/mol. The van der Waals surface area contributed by atoms with Crippen molar-refractivity contribution in [2.24, 2.45) is 0 Å². The first-order chi connectivity index (χ1) is 13.1. The zero-order valence-corrected chi connectivity index (χ0v) is 16.7. The molecule has 1 fully saturated rings. The van der Waals surface area contributed by atoms with Gasteiger partial charge in [-0.3, -0.25) is 4.79 Å². The lowest BCUT2D eigenvalue weighted by molar-refractivity contribution is -0.127. The van der Waals surface area contributed by atoms with E-state index in [4.69, 9.17) is 27.9 Å². The van der Waals surface area contributed by atoms with E-state index in [2.05, 4.69) is 5.32 Å². The number of hydrogen-bond acceptors (Lipinski definition) is 3. The Morgan fingerprint density at radius 3 is 2.48 bits per heavy atom. The van der Waals surface area contributed by atoms with Crippen molar-refractivity contribution in [2.45, 2.75) is 32.4 Å². The molecule has 1 saturated heterocycles. The highest BCUT2D eigenvalue weighted by molar-refractivity contribution is 6.37. The molecule has 1 N–H and O–H groups in total. The van der Waals surface area contributed by atoms with Gasteiger partial charge in [-0.1, -0.05) is 53.5 Å². The Labute approximate surface area is 170 Å². The molecule has 0 aliphatic carbocycles. The van der Waals surface area contributed by atoms with E-state index in [9.17, 15) is 4.79 Å². The van der Waals surface area contributed by atoms with E-state index < -0.39 is 0 Å². The summed E-state index contributed by atoms with van der Waals surface area (Å²) < 4.78 is 5.80. The van der Waals surface area contributed by atoms with E-state index in [1.165, 1.54) is 0 Å². The molecule has 144 valence electrons. The van der Waals surface area contributed by atoms with E-state index in [0.717, 1.165) is 43.6 Å². The number of hydrogen-bond donors (Lipinski definition) is 1. The minimum Gasteiger partial charge on any atom is -0.486 e. The maximum atomic E-state index is 11.6. The van der Waals surface area contributed by atoms with Gasteiger partial charge in [-0.15, -0.1) is 0 Å². The Kier molecular flexibility index (Phi) is 7.39. The fourth-order valence-electron chi connectivity index (χ4n) is 3.15. The number of nitrogens with zero attached hydrogens (tertiary/aromatic N) is 1. The number of halogens is 2. The van der Waals surface area contributed by atoms with Crippen molar-refractivity contribution < 1.29 is 9.53 Å². The molecule has 6 heteroatoms. The highest BCUT2D eigenvalue weighted by atomic mass is 35.5. The number of carbonyl (C=O) groups is 1. The van der Waals surface area contributed by atoms with Gasteiger partial charge in [0.25, 0.3) is 0 Å². The zero-order valence-electron chi connectivity index (χ0n) is 15.2. The fourth-order valence-corrected chi connectivity index (χ4v) is 3.79. The molecule has 0 bridgehead atoms. The smallest absolute Gasteiger partial charge is 0.222 e. The molecule has 0 atom stereocenters. The van der Waals surface area contributed by atoms with Crippen LogP contribution in [0.25, 0.3) is 0 Å². The maximum absolute atomic E-state index is 11.6. The van der Waals surface area contributed by atoms with E-state index in [1.807, 2.05) is 47.4 Å². The first-order valence-electron chi connectivity index (χ1n) is 9.26. The summed E-state index contributed by atoms with van der Waals surface area (Å²) in [5.41, 5.74) is 2.07. The van der Waals surface area contributed by atoms with Crippen LogP contribution in [0.3, 0.4) is 0 Å². The number of nitrogens with one attached hydrogen (secondary N) is 1. The minimum atomic E-state index is 0.277. The third-order valence-corrected chi connectivity index (χ3v) is 5.13. The first-order valence-corrected chi connectivity index (χ1v) is 10.0. The number of carbonyl (C=O) groups excluding carboxylic acids is 1. The standard InChI is InChI=1S/C21H24Cl2N2O2/c22-18-12-17(14-24-9-5-11-25-10-4-8-20(25)26)13-19(23)21(18)27-15-16-6-2-1-3-7-16/h1-3,6-7,12-13,24H,4-5,8-11,14-15H2. The van der Waals surface area contributed by atoms with Crippen LogP contribution in [0, 0.1) is 0 Å². The fraction of sp³-hybridized carbons (Fsp3) is 0.381. The Bertz CT molecular complexity index is 745. The zero-order chi connectivity index (χ0) is 19.1. The second-order valence-corrected chi connectivity index (χ2v) is 7.49. The molecular weight excluding hydrogens is 383 g/mol. The van der Waals surface area contributed by atoms with Crippen LogP contribution in [0.2, 0.25) is 10.0 Å². The third kappa shape index (κ3) is 5.86. The molecule has 0 unspecified atom stereocenters. The Hall–Kier alpha value is -1.75. The lowest BCUT2D eigenvalue weighted by Gasteiger charge is -2.15. The predicted molar refractivity (Wildman–Crippen MR) is 109 cm³/mol. The number of benzene rings is 2. The molecule has 1 heterocycles. The van der Waals surface area contributed by atoms with Crippen LogP contribution >= 0.6 is 23.2 Å². The topological polar surface area (TPSA) is 41.6 Å². The number of ether oxygens (including phenoxy) is 1. The van der Waals surface area contributed by atoms with Crippen molar-refractivity contribution >= 4 is 29.1 Å². The van der Waals surface area contributed by atoms with Gasteiger partial charge in [0, 0.05) is 26.1 Å². The second-order valence-electron chi connectivity index (χ2n) is 6.68. The molecule has 2 aromatic rings. The van der Waals surface area contributed by atoms with E-state index >= 15 is 0 Å². The van der Waals surface area contributed by atoms with Gasteiger partial charge in [0.1, 0.15) is 6.61 Å². The summed E-state index contributed by atoms with van der Waals surface area (Å²) in [6, 6.07) is 13.7. The van der Waals surface area contributed by atoms with Gasteiger partial charge in [-0.05, 0) is 42.6 Å². The SMILES string of the molecule is O=C1CCCN1CCCNCc1cc(Cl)c(OCc2ccccc2)c(Cl)c1. The molecule has 1 amide bonds. The van der Waals surface area contributed by atoms with Crippen LogP contribution in [-0.2, 0) is 17.9 Å². The van der Waals surface area contributed by atoms with Crippen molar-refractivity contribution in [3.05, 3.63) is 63.6 Å². The van der Waals surface area contributed by atoms with E-state index in [0.29, 0.717) is 35.4 Å². The van der Waals surface area contributed by atoms with Gasteiger partial charge in [0.15, 0.2) is 5.75 Å². The van der Waals surface area contributed by atoms with Crippen LogP contribution in [0.4, 0.5) is 0 Å². The lowest BCUT2D eigenvalue weighted by Crippen LogP contribution is -2.28. The van der Waals surface area contributed by atoms with Gasteiger partial charge >= 0.3 is 0 Å². The summed E-state index contributed by atoms with van der Waals surface area (Å²) in [6.07, 6.45) is 2.62. The second kappa shape index (κ2) is 9.98. The van der Waals surface area contributed by atoms with Crippen molar-refractivity contribution in [1.82, 2.24) is 10.2 Å². The number of rotatable bonds is 9. The quantitative estimate of drug-likeness (QED) is 0.614. The highest BCUT2D eigenvalue weighted by Gasteiger charge is 2.18. The lowest BCUT2D eigenvalue weighted by atomic mass is 10.2. The third-order valence-electron chi connectivity index (χ3n) is 4.57. The molecule has 2 aromatic carbocycles. The Morgan fingerprint density at radius 1 is 1.07 bits per heavy atom. The van der Waals surface area contributed by atoms with Crippen LogP contribution in [0.5, 0.6) is 5.75 Å². The Balaban J connectivity index is 1.45. The molecule has 0 radical (unpaired) electrons. The summed E-state index contributed by atoms with van der Waals surface area (Å²) in [6.45, 7) is 3.65. The van der Waals surface area contributed by atoms with E-state index in [-0.39, 0.29) is 5.91 Å². The highest BCUT2D eigenvalue weighted by Crippen LogP contribution is 2.34. The minimum absolute atomic E-state index is 0.277. The van der Waals surface area contributed by atoms with Crippen molar-refractivity contribution in [3.63, 3.8) is 0 Å². The maximum Gasteiger partial charge on any atom is 0.222 e. The first kappa shape index (κ1) is 20.0. The molecular formula is C21H24Cl2N2O2. The van der Waals surface area contributed by atoms with Crippen LogP contribution in [0.1, 0.15) is 30.4 Å². The number of amides is 1. The molecule has 27 heavy (non-hydrogen) atoms. The van der Waals surface area contributed by atoms with Crippen molar-refractivity contribution in [2.75, 3.05) is 19.6 Å². The summed E-state index contributed by atoms with van der Waals surface area (Å²) in [4.78, 5) is 13.5. The largest absolute Gasteiger partial charge is 0.486 e. The average Bonchev–Trinajstić information content (AvgIpc) is 3.06. The van der Waals surface area contributed by atoms with Gasteiger partial charge in [-0.25, -0.2) is 0 Å². The normalized spacial score (nSPS) is 14.0. The van der Waals surface area contributed by atoms with Crippen molar-refractivity contribution in [1.29, 1.82) is 0 Å². The summed E-state index contributed by atoms with van der Waals surface area (Å²) >= 11 is 12.7. The van der Waals surface area contributed by atoms with Gasteiger partial charge in [0.2, 0.25) is 5.91 Å². The summed E-state index contributed by atoms with van der Waals surface area (Å²) in [5, 5.41) is 4.40. The molecule has 3 rings (SSSR count).